The van der Waals surface area contributed by atoms with Gasteiger partial charge in [-0.15, -0.1) is 0 Å². The van der Waals surface area contributed by atoms with Crippen LogP contribution in [0.15, 0.2) is 0 Å². The molecule has 0 fully saturated rings. The van der Waals surface area contributed by atoms with Gasteiger partial charge in [0.25, 0.3) is 0 Å². The standard InChI is InChI=1S/C18H20O19.3K.H2O.3H/c19-7(20)1-16(35,13(29)30)5-11(27)36-18(15(33)34,4-10(25)26)6-12(28)37-17(14(31)32,2-8(21)22)3-9(23)24;;;;;;;/h35H,1-6H2,(H,19,20)(H,21,22)(H,23,24)(H,25,26)(H,29,30)(H,31,32)(H,33,34);;;;1H2;;;. The minimum atomic E-state index is -3.50. The molecule has 0 aromatic heterocycles. The first kappa shape index (κ1) is 50.7. The summed E-state index contributed by atoms with van der Waals surface area (Å²) in [5, 5.41) is 73.2. The summed E-state index contributed by atoms with van der Waals surface area (Å²) < 4.78 is 8.84. The molecule has 0 aliphatic heterocycles. The van der Waals surface area contributed by atoms with Gasteiger partial charge in [0.15, 0.2) is 5.60 Å². The predicted molar refractivity (Wildman–Crippen MR) is 129 cm³/mol. The number of carbonyl (C=O) groups is 9. The molecule has 0 radical (unpaired) electrons. The van der Waals surface area contributed by atoms with Gasteiger partial charge in [-0.05, 0) is 0 Å². The summed E-state index contributed by atoms with van der Waals surface area (Å²) in [5.74, 6) is -19.1. The first-order valence-electron chi connectivity index (χ1n) is 9.44. The second kappa shape index (κ2) is 21.7. The van der Waals surface area contributed by atoms with E-state index in [1.165, 1.54) is 0 Å². The van der Waals surface area contributed by atoms with Gasteiger partial charge in [0.05, 0.1) is 38.5 Å². The number of esters is 2. The van der Waals surface area contributed by atoms with Gasteiger partial charge in [0.2, 0.25) is 11.2 Å². The van der Waals surface area contributed by atoms with Gasteiger partial charge >= 0.3 is 208 Å². The number of hydrogen-bond donors (Lipinski definition) is 8. The molecule has 2 atom stereocenters. The molecular formula is C18H25K3O20. The Bertz CT molecular complexity index is 1010. The van der Waals surface area contributed by atoms with Crippen LogP contribution in [0.1, 0.15) is 38.5 Å². The summed E-state index contributed by atoms with van der Waals surface area (Å²) in [7, 11) is 0. The van der Waals surface area contributed by atoms with Gasteiger partial charge in [-0.2, -0.15) is 0 Å². The van der Waals surface area contributed by atoms with Crippen LogP contribution in [0.5, 0.6) is 0 Å². The molecule has 10 N–H and O–H groups in total. The number of carbonyl (C=O) groups excluding carboxylic acids is 2. The normalized spacial score (nSPS) is 12.8. The van der Waals surface area contributed by atoms with Crippen molar-refractivity contribution >= 4 is 208 Å². The number of aliphatic hydroxyl groups is 1. The third-order valence-corrected chi connectivity index (χ3v) is 4.42. The van der Waals surface area contributed by atoms with Crippen molar-refractivity contribution in [3.63, 3.8) is 0 Å². The zero-order valence-electron chi connectivity index (χ0n) is 18.8. The van der Waals surface area contributed by atoms with E-state index in [4.69, 9.17) is 25.5 Å². The van der Waals surface area contributed by atoms with Crippen molar-refractivity contribution in [2.45, 2.75) is 55.3 Å². The maximum absolute atomic E-state index is 12.4. The van der Waals surface area contributed by atoms with Crippen LogP contribution in [-0.4, -0.2) is 271 Å². The molecule has 41 heavy (non-hydrogen) atoms. The van der Waals surface area contributed by atoms with Crippen molar-refractivity contribution in [3.05, 3.63) is 0 Å². The van der Waals surface area contributed by atoms with E-state index < -0.39 is 109 Å². The van der Waals surface area contributed by atoms with Crippen LogP contribution in [0.3, 0.4) is 0 Å². The van der Waals surface area contributed by atoms with Crippen LogP contribution in [0.25, 0.3) is 0 Å². The van der Waals surface area contributed by atoms with Gasteiger partial charge in [0, 0.05) is 0 Å². The second-order valence-electron chi connectivity index (χ2n) is 7.52. The third kappa shape index (κ3) is 17.2. The van der Waals surface area contributed by atoms with Gasteiger partial charge in [-0.1, -0.05) is 0 Å². The topological polar surface area (TPSA) is 365 Å². The van der Waals surface area contributed by atoms with E-state index in [0.717, 1.165) is 0 Å². The van der Waals surface area contributed by atoms with E-state index in [1.807, 2.05) is 0 Å². The van der Waals surface area contributed by atoms with E-state index in [0.29, 0.717) is 0 Å². The molecule has 23 heteroatoms. The van der Waals surface area contributed by atoms with Crippen LogP contribution < -0.4 is 0 Å². The SMILES string of the molecule is O.O=C(O)CC(O)(CC(=O)OC(CC(=O)O)(CC(=O)OC(CC(=O)O)(CC(=O)O)C(=O)O)C(=O)O)C(=O)O.[KH].[KH].[KH]. The third-order valence-electron chi connectivity index (χ3n) is 4.42. The summed E-state index contributed by atoms with van der Waals surface area (Å²) in [6.07, 6.45) is -10.3. The average molecular weight is 679 g/mol. The van der Waals surface area contributed by atoms with Gasteiger partial charge < -0.3 is 55.8 Å². The first-order valence-corrected chi connectivity index (χ1v) is 9.44. The predicted octanol–water partition coefficient (Wildman–Crippen LogP) is -5.56. The number of aliphatic carboxylic acids is 7. The molecule has 0 aromatic carbocycles. The average Bonchev–Trinajstić information content (AvgIpc) is 2.64. The second-order valence-corrected chi connectivity index (χ2v) is 7.52. The number of ether oxygens (including phenoxy) is 2. The molecule has 0 aliphatic carbocycles. The molecule has 0 rings (SSSR count). The van der Waals surface area contributed by atoms with E-state index >= 15 is 0 Å². The molecule has 0 bridgehead atoms. The molecule has 0 heterocycles. The molecule has 0 saturated carbocycles. The van der Waals surface area contributed by atoms with Crippen molar-refractivity contribution in [2.24, 2.45) is 0 Å². The monoisotopic (exact) mass is 678 g/mol. The van der Waals surface area contributed by atoms with Crippen molar-refractivity contribution < 1.29 is 99.0 Å². The number of rotatable bonds is 17. The Morgan fingerprint density at radius 2 is 0.707 bits per heavy atom. The van der Waals surface area contributed by atoms with E-state index in [2.05, 4.69) is 9.47 Å². The Labute approximate surface area is 355 Å². The molecule has 20 nitrogen and oxygen atoms in total. The van der Waals surface area contributed by atoms with Gasteiger partial charge in [-0.3, -0.25) is 28.8 Å². The van der Waals surface area contributed by atoms with Crippen LogP contribution in [-0.2, 0) is 52.6 Å². The van der Waals surface area contributed by atoms with Crippen molar-refractivity contribution in [1.29, 1.82) is 0 Å². The van der Waals surface area contributed by atoms with Crippen LogP contribution in [0.4, 0.5) is 0 Å². The Morgan fingerprint density at radius 3 is 0.951 bits per heavy atom. The fraction of sp³-hybridized carbons (Fsp3) is 0.500. The number of carboxylic acids is 7. The number of hydrogen-bond acceptors (Lipinski definition) is 12. The minimum absolute atomic E-state index is 0. The molecule has 0 saturated heterocycles. The quantitative estimate of drug-likeness (QED) is 0.0525. The van der Waals surface area contributed by atoms with Crippen molar-refractivity contribution in [1.82, 2.24) is 0 Å². The molecule has 0 aliphatic rings. The first-order chi connectivity index (χ1) is 16.7. The Kier molecular flexibility index (Phi) is 26.8. The van der Waals surface area contributed by atoms with Crippen LogP contribution in [0.2, 0.25) is 0 Å². The zero-order chi connectivity index (χ0) is 29.4. The van der Waals surface area contributed by atoms with E-state index in [9.17, 15) is 58.5 Å². The van der Waals surface area contributed by atoms with Crippen LogP contribution in [0, 0.1) is 0 Å². The van der Waals surface area contributed by atoms with Gasteiger partial charge in [0.1, 0.15) is 0 Å². The van der Waals surface area contributed by atoms with Crippen molar-refractivity contribution in [2.75, 3.05) is 0 Å². The molecule has 2 unspecified atom stereocenters. The Hall–Kier alpha value is 0.0591. The molecule has 0 amide bonds. The molecule has 0 spiro atoms. The molecule has 220 valence electrons. The summed E-state index contributed by atoms with van der Waals surface area (Å²) in [5.41, 5.74) is -10.2. The fourth-order valence-electron chi connectivity index (χ4n) is 2.84. The molecule has 0 aromatic rings. The number of carboxylic acid groups (broad SMARTS) is 7. The fourth-order valence-corrected chi connectivity index (χ4v) is 2.84. The Morgan fingerprint density at radius 1 is 0.439 bits per heavy atom. The summed E-state index contributed by atoms with van der Waals surface area (Å²) >= 11 is 0. The maximum atomic E-state index is 12.4. The van der Waals surface area contributed by atoms with Crippen LogP contribution >= 0.6 is 0 Å². The van der Waals surface area contributed by atoms with E-state index in [1.54, 1.807) is 0 Å². The summed E-state index contributed by atoms with van der Waals surface area (Å²) in [4.78, 5) is 103. The molecular weight excluding hydrogens is 653 g/mol. The van der Waals surface area contributed by atoms with Gasteiger partial charge in [-0.25, -0.2) is 14.4 Å². The van der Waals surface area contributed by atoms with E-state index in [-0.39, 0.29) is 160 Å². The van der Waals surface area contributed by atoms with Crippen molar-refractivity contribution in [3.8, 4) is 0 Å². The zero-order valence-corrected chi connectivity index (χ0v) is 18.8. The summed E-state index contributed by atoms with van der Waals surface area (Å²) in [6, 6.07) is 0. The summed E-state index contributed by atoms with van der Waals surface area (Å²) in [6.45, 7) is 0. The Balaban J connectivity index is -0.00000108.